The van der Waals surface area contributed by atoms with Gasteiger partial charge in [0.05, 0.1) is 6.04 Å². The van der Waals surface area contributed by atoms with Crippen LogP contribution in [-0.2, 0) is 4.79 Å². The van der Waals surface area contributed by atoms with Crippen molar-refractivity contribution in [2.75, 3.05) is 32.7 Å². The Labute approximate surface area is 130 Å². The smallest absolute Gasteiger partial charge is 0.239 e. The molecule has 2 saturated heterocycles. The van der Waals surface area contributed by atoms with Gasteiger partial charge in [-0.25, -0.2) is 0 Å². The van der Waals surface area contributed by atoms with Crippen molar-refractivity contribution in [1.29, 1.82) is 0 Å². The van der Waals surface area contributed by atoms with E-state index >= 15 is 0 Å². The van der Waals surface area contributed by atoms with Gasteiger partial charge in [0, 0.05) is 25.7 Å². The molecule has 0 radical (unpaired) electrons. The molecule has 2 heterocycles. The van der Waals surface area contributed by atoms with E-state index in [1.165, 1.54) is 44.9 Å². The molecule has 2 rings (SSSR count). The lowest BCUT2D eigenvalue weighted by Crippen LogP contribution is -2.52. The maximum atomic E-state index is 12.8. The third-order valence-electron chi connectivity index (χ3n) is 5.10. The first-order valence-electron chi connectivity index (χ1n) is 8.98. The van der Waals surface area contributed by atoms with Crippen molar-refractivity contribution in [3.05, 3.63) is 0 Å². The van der Waals surface area contributed by atoms with Gasteiger partial charge < -0.3 is 10.2 Å². The van der Waals surface area contributed by atoms with Crippen LogP contribution in [-0.4, -0.2) is 60.5 Å². The number of nitrogens with one attached hydrogen (secondary N) is 1. The molecule has 4 nitrogen and oxygen atoms in total. The number of rotatable bonds is 5. The summed E-state index contributed by atoms with van der Waals surface area (Å²) in [5.41, 5.74) is 0. The molecular formula is C17H33N3O. The molecule has 122 valence electrons. The zero-order valence-electron chi connectivity index (χ0n) is 13.9. The molecule has 2 aliphatic heterocycles. The van der Waals surface area contributed by atoms with Crippen LogP contribution in [0.3, 0.4) is 0 Å². The predicted octanol–water partition coefficient (Wildman–Crippen LogP) is 2.24. The van der Waals surface area contributed by atoms with E-state index in [4.69, 9.17) is 0 Å². The number of likely N-dealkylation sites (N-methyl/N-ethyl adjacent to an activating group) is 1. The lowest BCUT2D eigenvalue weighted by atomic mass is 10.0. The Morgan fingerprint density at radius 2 is 1.90 bits per heavy atom. The second kappa shape index (κ2) is 8.74. The van der Waals surface area contributed by atoms with Gasteiger partial charge in [-0.05, 0) is 45.7 Å². The Morgan fingerprint density at radius 1 is 1.19 bits per heavy atom. The van der Waals surface area contributed by atoms with E-state index in [2.05, 4.69) is 29.0 Å². The first-order valence-corrected chi connectivity index (χ1v) is 8.98. The highest BCUT2D eigenvalue weighted by Crippen LogP contribution is 2.15. The summed E-state index contributed by atoms with van der Waals surface area (Å²) in [4.78, 5) is 17.2. The number of carbonyl (C=O) groups excluding carboxylic acids is 1. The standard InChI is InChI=1S/C17H33N3O/c1-3-19(14-16-10-6-7-11-18-16)15(2)17(21)20-12-8-4-5-9-13-20/h15-16,18H,3-14H2,1-2H3. The van der Waals surface area contributed by atoms with Gasteiger partial charge in [0.15, 0.2) is 0 Å². The fourth-order valence-electron chi connectivity index (χ4n) is 3.64. The molecule has 21 heavy (non-hydrogen) atoms. The molecule has 2 atom stereocenters. The molecule has 0 bridgehead atoms. The summed E-state index contributed by atoms with van der Waals surface area (Å²) in [7, 11) is 0. The van der Waals surface area contributed by atoms with E-state index in [-0.39, 0.29) is 6.04 Å². The fourth-order valence-corrected chi connectivity index (χ4v) is 3.64. The molecule has 2 unspecified atom stereocenters. The van der Waals surface area contributed by atoms with Crippen molar-refractivity contribution in [1.82, 2.24) is 15.1 Å². The minimum Gasteiger partial charge on any atom is -0.341 e. The highest BCUT2D eigenvalue weighted by molar-refractivity contribution is 5.81. The van der Waals surface area contributed by atoms with Crippen molar-refractivity contribution in [3.63, 3.8) is 0 Å². The molecule has 0 aromatic heterocycles. The average Bonchev–Trinajstić information content (AvgIpc) is 2.81. The van der Waals surface area contributed by atoms with E-state index in [1.807, 2.05) is 0 Å². The first-order chi connectivity index (χ1) is 10.2. The Bertz CT molecular complexity index is 307. The van der Waals surface area contributed by atoms with Crippen LogP contribution in [0.4, 0.5) is 0 Å². The molecule has 2 fully saturated rings. The van der Waals surface area contributed by atoms with Gasteiger partial charge in [0.1, 0.15) is 0 Å². The van der Waals surface area contributed by atoms with E-state index in [0.717, 1.165) is 32.7 Å². The zero-order valence-corrected chi connectivity index (χ0v) is 13.9. The van der Waals surface area contributed by atoms with E-state index in [9.17, 15) is 4.79 Å². The van der Waals surface area contributed by atoms with E-state index < -0.39 is 0 Å². The van der Waals surface area contributed by atoms with Gasteiger partial charge in [-0.1, -0.05) is 26.2 Å². The van der Waals surface area contributed by atoms with Crippen molar-refractivity contribution < 1.29 is 4.79 Å². The fraction of sp³-hybridized carbons (Fsp3) is 0.941. The van der Waals surface area contributed by atoms with Crippen molar-refractivity contribution >= 4 is 5.91 Å². The molecular weight excluding hydrogens is 262 g/mol. The Hall–Kier alpha value is -0.610. The van der Waals surface area contributed by atoms with Crippen LogP contribution >= 0.6 is 0 Å². The van der Waals surface area contributed by atoms with Gasteiger partial charge in [-0.2, -0.15) is 0 Å². The first kappa shape index (κ1) is 16.8. The second-order valence-corrected chi connectivity index (χ2v) is 6.65. The number of hydrogen-bond acceptors (Lipinski definition) is 3. The number of carbonyl (C=O) groups is 1. The average molecular weight is 295 g/mol. The third kappa shape index (κ3) is 4.96. The maximum Gasteiger partial charge on any atom is 0.239 e. The van der Waals surface area contributed by atoms with E-state index in [1.54, 1.807) is 0 Å². The summed E-state index contributed by atoms with van der Waals surface area (Å²) < 4.78 is 0. The molecule has 2 aliphatic rings. The second-order valence-electron chi connectivity index (χ2n) is 6.65. The molecule has 1 amide bonds. The normalized spacial score (nSPS) is 25.7. The van der Waals surface area contributed by atoms with E-state index in [0.29, 0.717) is 11.9 Å². The van der Waals surface area contributed by atoms with Gasteiger partial charge in [0.25, 0.3) is 0 Å². The molecule has 4 heteroatoms. The highest BCUT2D eigenvalue weighted by atomic mass is 16.2. The summed E-state index contributed by atoms with van der Waals surface area (Å²) in [6, 6.07) is 0.593. The van der Waals surface area contributed by atoms with Crippen LogP contribution in [0.1, 0.15) is 58.8 Å². The summed E-state index contributed by atoms with van der Waals surface area (Å²) in [6.07, 6.45) is 8.78. The molecule has 0 saturated carbocycles. The Kier molecular flexibility index (Phi) is 6.97. The van der Waals surface area contributed by atoms with Crippen molar-refractivity contribution in [2.45, 2.75) is 70.9 Å². The largest absolute Gasteiger partial charge is 0.341 e. The Morgan fingerprint density at radius 3 is 2.48 bits per heavy atom. The zero-order chi connectivity index (χ0) is 15.1. The minimum absolute atomic E-state index is 0.0248. The number of likely N-dealkylation sites (tertiary alicyclic amines) is 1. The number of amides is 1. The van der Waals surface area contributed by atoms with Crippen molar-refractivity contribution in [2.24, 2.45) is 0 Å². The molecule has 1 N–H and O–H groups in total. The lowest BCUT2D eigenvalue weighted by Gasteiger charge is -2.35. The molecule has 0 aromatic carbocycles. The third-order valence-corrected chi connectivity index (χ3v) is 5.10. The summed E-state index contributed by atoms with van der Waals surface area (Å²) in [5, 5.41) is 3.60. The highest BCUT2D eigenvalue weighted by Gasteiger charge is 2.27. The van der Waals surface area contributed by atoms with Gasteiger partial charge in [-0.15, -0.1) is 0 Å². The van der Waals surface area contributed by atoms with Gasteiger partial charge in [-0.3, -0.25) is 9.69 Å². The van der Waals surface area contributed by atoms with Crippen LogP contribution in [0.25, 0.3) is 0 Å². The summed E-state index contributed by atoms with van der Waals surface area (Å²) >= 11 is 0. The SMILES string of the molecule is CCN(CC1CCCCN1)C(C)C(=O)N1CCCCCC1. The number of hydrogen-bond donors (Lipinski definition) is 1. The van der Waals surface area contributed by atoms with Crippen LogP contribution < -0.4 is 5.32 Å². The van der Waals surface area contributed by atoms with Crippen LogP contribution in [0.15, 0.2) is 0 Å². The lowest BCUT2D eigenvalue weighted by molar-refractivity contribution is -0.136. The quantitative estimate of drug-likeness (QED) is 0.845. The predicted molar refractivity (Wildman–Crippen MR) is 87.4 cm³/mol. The van der Waals surface area contributed by atoms with Crippen LogP contribution in [0, 0.1) is 0 Å². The summed E-state index contributed by atoms with van der Waals surface area (Å²) in [6.45, 7) is 9.30. The number of nitrogens with zero attached hydrogens (tertiary/aromatic N) is 2. The topological polar surface area (TPSA) is 35.6 Å². The van der Waals surface area contributed by atoms with Crippen LogP contribution in [0.5, 0.6) is 0 Å². The van der Waals surface area contributed by atoms with Gasteiger partial charge in [0.2, 0.25) is 5.91 Å². The monoisotopic (exact) mass is 295 g/mol. The van der Waals surface area contributed by atoms with Crippen LogP contribution in [0.2, 0.25) is 0 Å². The minimum atomic E-state index is 0.0248. The maximum absolute atomic E-state index is 12.8. The van der Waals surface area contributed by atoms with Gasteiger partial charge >= 0.3 is 0 Å². The summed E-state index contributed by atoms with van der Waals surface area (Å²) in [5.74, 6) is 0.342. The molecule has 0 spiro atoms. The van der Waals surface area contributed by atoms with Crippen molar-refractivity contribution in [3.8, 4) is 0 Å². The molecule has 0 aliphatic carbocycles. The number of piperidine rings is 1. The molecule has 0 aromatic rings. The Balaban J connectivity index is 1.87.